The lowest BCUT2D eigenvalue weighted by molar-refractivity contribution is -0.0737. The summed E-state index contributed by atoms with van der Waals surface area (Å²) in [7, 11) is 3.21. The standard InChI is InChI=1S/C20H24O4/c1-14-19(21,15-6-4-8-17(12-15)23-2)10-11-20(14,22)16-7-5-9-18(13-16)24-3/h4-9,12-14,21-22H,10-11H2,1-3H3/t14?,19-,20+. The molecule has 0 spiro atoms. The van der Waals surface area contributed by atoms with Crippen LogP contribution in [0.4, 0.5) is 0 Å². The van der Waals surface area contributed by atoms with Gasteiger partial charge in [0.2, 0.25) is 0 Å². The van der Waals surface area contributed by atoms with Gasteiger partial charge in [-0.2, -0.15) is 0 Å². The summed E-state index contributed by atoms with van der Waals surface area (Å²) in [5.74, 6) is 1.03. The van der Waals surface area contributed by atoms with E-state index < -0.39 is 11.2 Å². The first-order chi connectivity index (χ1) is 11.4. The smallest absolute Gasteiger partial charge is 0.119 e. The van der Waals surface area contributed by atoms with Crippen LogP contribution in [0.5, 0.6) is 11.5 Å². The van der Waals surface area contributed by atoms with Crippen LogP contribution < -0.4 is 9.47 Å². The lowest BCUT2D eigenvalue weighted by Crippen LogP contribution is -2.38. The van der Waals surface area contributed by atoms with E-state index in [0.717, 1.165) is 11.1 Å². The van der Waals surface area contributed by atoms with Crippen LogP contribution in [0, 0.1) is 5.92 Å². The summed E-state index contributed by atoms with van der Waals surface area (Å²) in [5, 5.41) is 22.7. The number of aliphatic hydroxyl groups is 2. The lowest BCUT2D eigenvalue weighted by atomic mass is 9.77. The van der Waals surface area contributed by atoms with Gasteiger partial charge in [0, 0.05) is 5.92 Å². The van der Waals surface area contributed by atoms with Gasteiger partial charge in [0.1, 0.15) is 11.5 Å². The Morgan fingerprint density at radius 2 is 1.25 bits per heavy atom. The molecular weight excluding hydrogens is 304 g/mol. The zero-order valence-electron chi connectivity index (χ0n) is 14.3. The molecule has 0 radical (unpaired) electrons. The van der Waals surface area contributed by atoms with Crippen LogP contribution in [0.1, 0.15) is 30.9 Å². The van der Waals surface area contributed by atoms with Crippen molar-refractivity contribution in [2.75, 3.05) is 14.2 Å². The monoisotopic (exact) mass is 328 g/mol. The van der Waals surface area contributed by atoms with E-state index in [-0.39, 0.29) is 5.92 Å². The highest BCUT2D eigenvalue weighted by atomic mass is 16.5. The number of benzene rings is 2. The summed E-state index contributed by atoms with van der Waals surface area (Å²) in [6, 6.07) is 14.9. The van der Waals surface area contributed by atoms with E-state index in [1.54, 1.807) is 14.2 Å². The highest BCUT2D eigenvalue weighted by Gasteiger charge is 2.55. The van der Waals surface area contributed by atoms with E-state index in [1.807, 2.05) is 55.5 Å². The van der Waals surface area contributed by atoms with Crippen molar-refractivity contribution in [3.8, 4) is 11.5 Å². The van der Waals surface area contributed by atoms with Crippen molar-refractivity contribution in [2.45, 2.75) is 31.0 Å². The van der Waals surface area contributed by atoms with Crippen molar-refractivity contribution in [1.29, 1.82) is 0 Å². The van der Waals surface area contributed by atoms with Crippen molar-refractivity contribution in [1.82, 2.24) is 0 Å². The Balaban J connectivity index is 1.99. The molecule has 1 aliphatic carbocycles. The average molecular weight is 328 g/mol. The fourth-order valence-corrected chi connectivity index (χ4v) is 3.78. The van der Waals surface area contributed by atoms with E-state index >= 15 is 0 Å². The van der Waals surface area contributed by atoms with Gasteiger partial charge in [-0.15, -0.1) is 0 Å². The normalized spacial score (nSPS) is 29.5. The summed E-state index contributed by atoms with van der Waals surface area (Å²) >= 11 is 0. The van der Waals surface area contributed by atoms with Gasteiger partial charge in [-0.3, -0.25) is 0 Å². The van der Waals surface area contributed by atoms with E-state index in [0.29, 0.717) is 24.3 Å². The third-order valence-corrected chi connectivity index (χ3v) is 5.46. The van der Waals surface area contributed by atoms with Gasteiger partial charge in [0.05, 0.1) is 25.4 Å². The van der Waals surface area contributed by atoms with Crippen molar-refractivity contribution in [2.24, 2.45) is 5.92 Å². The van der Waals surface area contributed by atoms with E-state index in [1.165, 1.54) is 0 Å². The molecule has 0 heterocycles. The van der Waals surface area contributed by atoms with Gasteiger partial charge in [0.15, 0.2) is 0 Å². The Morgan fingerprint density at radius 3 is 1.62 bits per heavy atom. The first-order valence-electron chi connectivity index (χ1n) is 8.18. The van der Waals surface area contributed by atoms with Crippen LogP contribution in [-0.4, -0.2) is 24.4 Å². The van der Waals surface area contributed by atoms with Crippen molar-refractivity contribution < 1.29 is 19.7 Å². The molecule has 0 amide bonds. The molecule has 1 aliphatic rings. The van der Waals surface area contributed by atoms with Crippen LogP contribution in [0.2, 0.25) is 0 Å². The van der Waals surface area contributed by atoms with Gasteiger partial charge < -0.3 is 19.7 Å². The molecule has 1 fully saturated rings. The topological polar surface area (TPSA) is 58.9 Å². The summed E-state index contributed by atoms with van der Waals surface area (Å²) < 4.78 is 10.5. The largest absolute Gasteiger partial charge is 0.497 e. The van der Waals surface area contributed by atoms with Crippen LogP contribution >= 0.6 is 0 Å². The molecule has 24 heavy (non-hydrogen) atoms. The molecule has 0 aliphatic heterocycles. The van der Waals surface area contributed by atoms with Crippen LogP contribution in [-0.2, 0) is 11.2 Å². The minimum Gasteiger partial charge on any atom is -0.497 e. The van der Waals surface area contributed by atoms with E-state index in [9.17, 15) is 10.2 Å². The Morgan fingerprint density at radius 1 is 0.833 bits per heavy atom. The molecule has 4 nitrogen and oxygen atoms in total. The average Bonchev–Trinajstić information content (AvgIpc) is 2.88. The first-order valence-corrected chi connectivity index (χ1v) is 8.18. The summed E-state index contributed by atoms with van der Waals surface area (Å²) in [5.41, 5.74) is -0.667. The maximum atomic E-state index is 11.3. The maximum Gasteiger partial charge on any atom is 0.119 e. The number of hydrogen-bond acceptors (Lipinski definition) is 4. The van der Waals surface area contributed by atoms with Crippen molar-refractivity contribution >= 4 is 0 Å². The Hall–Kier alpha value is -2.04. The minimum absolute atomic E-state index is 0.371. The predicted molar refractivity (Wildman–Crippen MR) is 92.2 cm³/mol. The highest BCUT2D eigenvalue weighted by Crippen LogP contribution is 2.54. The van der Waals surface area contributed by atoms with Gasteiger partial charge in [0.25, 0.3) is 0 Å². The zero-order chi connectivity index (χ0) is 17.4. The van der Waals surface area contributed by atoms with Gasteiger partial charge >= 0.3 is 0 Å². The Labute approximate surface area is 142 Å². The summed E-state index contributed by atoms with van der Waals surface area (Å²) in [6.45, 7) is 1.89. The number of hydrogen-bond donors (Lipinski definition) is 2. The fraction of sp³-hybridized carbons (Fsp3) is 0.400. The Bertz CT molecular complexity index is 668. The van der Waals surface area contributed by atoms with Crippen molar-refractivity contribution in [3.63, 3.8) is 0 Å². The van der Waals surface area contributed by atoms with Crippen LogP contribution in [0.3, 0.4) is 0 Å². The molecule has 128 valence electrons. The second kappa shape index (κ2) is 6.11. The zero-order valence-corrected chi connectivity index (χ0v) is 14.3. The fourth-order valence-electron chi connectivity index (χ4n) is 3.78. The molecule has 2 aromatic rings. The third-order valence-electron chi connectivity index (χ3n) is 5.46. The van der Waals surface area contributed by atoms with Gasteiger partial charge in [-0.1, -0.05) is 31.2 Å². The predicted octanol–water partition coefficient (Wildman–Crippen LogP) is 3.21. The molecular formula is C20H24O4. The van der Waals surface area contributed by atoms with Crippen molar-refractivity contribution in [3.05, 3.63) is 59.7 Å². The van der Waals surface area contributed by atoms with Gasteiger partial charge in [-0.05, 0) is 48.2 Å². The van der Waals surface area contributed by atoms with Crippen LogP contribution in [0.15, 0.2) is 48.5 Å². The van der Waals surface area contributed by atoms with Gasteiger partial charge in [-0.25, -0.2) is 0 Å². The molecule has 3 rings (SSSR count). The number of ether oxygens (including phenoxy) is 2. The molecule has 2 aromatic carbocycles. The molecule has 1 saturated carbocycles. The molecule has 4 heteroatoms. The molecule has 0 bridgehead atoms. The lowest BCUT2D eigenvalue weighted by Gasteiger charge is -2.35. The molecule has 1 unspecified atom stereocenters. The third kappa shape index (κ3) is 2.56. The van der Waals surface area contributed by atoms with E-state index in [4.69, 9.17) is 9.47 Å². The van der Waals surface area contributed by atoms with Crippen LogP contribution in [0.25, 0.3) is 0 Å². The highest BCUT2D eigenvalue weighted by molar-refractivity contribution is 5.38. The first kappa shape index (κ1) is 16.8. The maximum absolute atomic E-state index is 11.3. The SMILES string of the molecule is COc1cccc([C@]2(O)CC[C@](O)(c3cccc(OC)c3)C2C)c1. The summed E-state index contributed by atoms with van der Waals surface area (Å²) in [6.07, 6.45) is 0.962. The molecule has 2 N–H and O–H groups in total. The molecule has 3 atom stereocenters. The Kier molecular flexibility index (Phi) is 4.28. The quantitative estimate of drug-likeness (QED) is 0.905. The molecule has 0 aromatic heterocycles. The number of rotatable bonds is 4. The van der Waals surface area contributed by atoms with E-state index in [2.05, 4.69) is 0 Å². The summed E-state index contributed by atoms with van der Waals surface area (Å²) in [4.78, 5) is 0. The second-order valence-electron chi connectivity index (χ2n) is 6.53. The molecule has 0 saturated heterocycles. The second-order valence-corrected chi connectivity index (χ2v) is 6.53. The minimum atomic E-state index is -1.10. The number of methoxy groups -OCH3 is 2.